The number of furan rings is 1. The highest BCUT2D eigenvalue weighted by Crippen LogP contribution is 2.37. The van der Waals surface area contributed by atoms with Crippen LogP contribution < -0.4 is 10.9 Å². The fourth-order valence-corrected chi connectivity index (χ4v) is 5.97. The van der Waals surface area contributed by atoms with Crippen LogP contribution in [0.2, 0.25) is 0 Å². The summed E-state index contributed by atoms with van der Waals surface area (Å²) in [6, 6.07) is 9.91. The molecule has 11 heteroatoms. The van der Waals surface area contributed by atoms with Gasteiger partial charge >= 0.3 is 0 Å². The van der Waals surface area contributed by atoms with E-state index in [2.05, 4.69) is 25.5 Å². The van der Waals surface area contributed by atoms with Crippen molar-refractivity contribution in [2.24, 2.45) is 0 Å². The van der Waals surface area contributed by atoms with Gasteiger partial charge < -0.3 is 14.7 Å². The molecule has 0 fully saturated rings. The molecule has 0 aliphatic carbocycles. The second-order valence-corrected chi connectivity index (χ2v) is 10.3. The maximum atomic E-state index is 13.0. The second kappa shape index (κ2) is 8.85. The first-order valence-corrected chi connectivity index (χ1v) is 12.2. The van der Waals surface area contributed by atoms with E-state index < -0.39 is 0 Å². The molecule has 0 saturated carbocycles. The molecule has 0 radical (unpaired) electrons. The fraction of sp³-hybridized carbons (Fsp3) is 0.143. The van der Waals surface area contributed by atoms with E-state index in [-0.39, 0.29) is 16.6 Å². The van der Waals surface area contributed by atoms with Crippen molar-refractivity contribution in [1.29, 1.82) is 0 Å². The predicted molar refractivity (Wildman–Crippen MR) is 126 cm³/mol. The third-order valence-electron chi connectivity index (χ3n) is 4.68. The van der Waals surface area contributed by atoms with Gasteiger partial charge in [-0.15, -0.1) is 21.5 Å². The smallest absolute Gasteiger partial charge is 0.260 e. The Balaban J connectivity index is 1.29. The molecule has 32 heavy (non-hydrogen) atoms. The van der Waals surface area contributed by atoms with Gasteiger partial charge in [0, 0.05) is 17.5 Å². The fourth-order valence-electron chi connectivity index (χ4n) is 3.09. The van der Waals surface area contributed by atoms with Gasteiger partial charge in [-0.3, -0.25) is 4.79 Å². The van der Waals surface area contributed by atoms with Crippen molar-refractivity contribution in [3.63, 3.8) is 0 Å². The number of rotatable bonds is 7. The number of nitrogens with zero attached hydrogens (tertiary/aromatic N) is 3. The Kier molecular flexibility index (Phi) is 5.77. The highest BCUT2D eigenvalue weighted by atomic mass is 32.2. The molecule has 1 atom stereocenters. The van der Waals surface area contributed by atoms with Gasteiger partial charge in [-0.1, -0.05) is 35.2 Å². The molecule has 0 bridgehead atoms. The van der Waals surface area contributed by atoms with Crippen molar-refractivity contribution in [2.75, 3.05) is 5.32 Å². The van der Waals surface area contributed by atoms with Crippen LogP contribution in [0.1, 0.15) is 23.6 Å². The number of aromatic nitrogens is 4. The average molecular weight is 486 g/mol. The van der Waals surface area contributed by atoms with Gasteiger partial charge in [0.1, 0.15) is 22.2 Å². The summed E-state index contributed by atoms with van der Waals surface area (Å²) >= 11 is 4.30. The number of hydrogen-bond donors (Lipinski definition) is 2. The van der Waals surface area contributed by atoms with E-state index in [1.54, 1.807) is 24.5 Å². The van der Waals surface area contributed by atoms with Crippen molar-refractivity contribution < 1.29 is 8.81 Å². The van der Waals surface area contributed by atoms with Crippen LogP contribution in [0.4, 0.5) is 9.52 Å². The number of benzene rings is 1. The first-order valence-electron chi connectivity index (χ1n) is 9.60. The lowest BCUT2D eigenvalue weighted by atomic mass is 10.2. The van der Waals surface area contributed by atoms with Crippen molar-refractivity contribution in [2.45, 2.75) is 23.1 Å². The number of aromatic amines is 1. The molecule has 0 aliphatic heterocycles. The van der Waals surface area contributed by atoms with E-state index in [0.29, 0.717) is 33.5 Å². The maximum absolute atomic E-state index is 13.0. The second-order valence-electron chi connectivity index (χ2n) is 6.87. The van der Waals surface area contributed by atoms with Crippen LogP contribution in [-0.4, -0.2) is 20.2 Å². The van der Waals surface area contributed by atoms with Crippen LogP contribution in [0.15, 0.2) is 61.6 Å². The summed E-state index contributed by atoms with van der Waals surface area (Å²) in [5, 5.41) is 14.5. The number of anilines is 1. The third-order valence-corrected chi connectivity index (χ3v) is 7.62. The number of hydrogen-bond acceptors (Lipinski definition) is 9. The largest absolute Gasteiger partial charge is 0.464 e. The lowest BCUT2D eigenvalue weighted by Crippen LogP contribution is -2.12. The number of H-pyrrole nitrogens is 1. The predicted octanol–water partition coefficient (Wildman–Crippen LogP) is 5.70. The molecule has 1 unspecified atom stereocenters. The van der Waals surface area contributed by atoms with Crippen LogP contribution in [0.25, 0.3) is 21.5 Å². The van der Waals surface area contributed by atoms with Crippen LogP contribution in [0, 0.1) is 5.82 Å². The normalized spacial score (nSPS) is 12.3. The molecule has 0 amide bonds. The zero-order valence-electron chi connectivity index (χ0n) is 16.7. The maximum Gasteiger partial charge on any atom is 0.260 e. The summed E-state index contributed by atoms with van der Waals surface area (Å²) in [5.41, 5.74) is 1.50. The van der Waals surface area contributed by atoms with E-state index in [9.17, 15) is 9.18 Å². The van der Waals surface area contributed by atoms with Gasteiger partial charge in [-0.25, -0.2) is 9.37 Å². The first-order chi connectivity index (χ1) is 15.6. The summed E-state index contributed by atoms with van der Waals surface area (Å²) in [6.07, 6.45) is 1.58. The summed E-state index contributed by atoms with van der Waals surface area (Å²) in [4.78, 5) is 21.0. The van der Waals surface area contributed by atoms with E-state index >= 15 is 0 Å². The molecular formula is C21H16FN5O2S3. The highest BCUT2D eigenvalue weighted by Gasteiger charge is 2.19. The number of halogens is 1. The van der Waals surface area contributed by atoms with Gasteiger partial charge in [-0.2, -0.15) is 0 Å². The van der Waals surface area contributed by atoms with Crippen LogP contribution in [-0.2, 0) is 6.54 Å². The monoisotopic (exact) mass is 485 g/mol. The topological polar surface area (TPSA) is 96.7 Å². The lowest BCUT2D eigenvalue weighted by Gasteiger charge is -2.08. The zero-order chi connectivity index (χ0) is 22.1. The lowest BCUT2D eigenvalue weighted by molar-refractivity contribution is 0.583. The van der Waals surface area contributed by atoms with Crippen molar-refractivity contribution in [3.8, 4) is 11.3 Å². The molecule has 0 saturated heterocycles. The zero-order valence-corrected chi connectivity index (χ0v) is 19.1. The molecular weight excluding hydrogens is 469 g/mol. The van der Waals surface area contributed by atoms with Crippen molar-refractivity contribution in [1.82, 2.24) is 20.2 Å². The highest BCUT2D eigenvalue weighted by molar-refractivity contribution is 8.01. The molecule has 5 aromatic rings. The molecule has 2 N–H and O–H groups in total. The molecule has 7 nitrogen and oxygen atoms in total. The molecule has 4 heterocycles. The Morgan fingerprint density at radius 2 is 2.09 bits per heavy atom. The van der Waals surface area contributed by atoms with E-state index in [1.807, 2.05) is 18.4 Å². The molecule has 5 rings (SSSR count). The molecule has 4 aromatic heterocycles. The summed E-state index contributed by atoms with van der Waals surface area (Å²) in [5.74, 6) is 0.964. The van der Waals surface area contributed by atoms with Gasteiger partial charge in [0.05, 0.1) is 16.9 Å². The Bertz CT molecular complexity index is 1410. The summed E-state index contributed by atoms with van der Waals surface area (Å²) in [7, 11) is 0. The Hall–Kier alpha value is -3.02. The van der Waals surface area contributed by atoms with E-state index in [0.717, 1.165) is 15.5 Å². The van der Waals surface area contributed by atoms with Crippen molar-refractivity contribution in [3.05, 3.63) is 75.6 Å². The average Bonchev–Trinajstić information content (AvgIpc) is 3.54. The van der Waals surface area contributed by atoms with E-state index in [4.69, 9.17) is 4.42 Å². The van der Waals surface area contributed by atoms with Crippen LogP contribution in [0.3, 0.4) is 0 Å². The van der Waals surface area contributed by atoms with Gasteiger partial charge in [-0.05, 0) is 36.8 Å². The Morgan fingerprint density at radius 3 is 2.88 bits per heavy atom. The van der Waals surface area contributed by atoms with Gasteiger partial charge in [0.25, 0.3) is 5.56 Å². The number of thioether (sulfide) groups is 1. The first kappa shape index (κ1) is 20.9. The standard InChI is InChI=1S/C21H16FN5O2S3/c1-11(31-21-27-26-20(32-21)23-9-12-4-6-13(22)7-5-12)17-24-18(28)16-14(10-30-19(16)25-17)15-3-2-8-29-15/h2-8,10-11H,9H2,1H3,(H,23,26)(H,24,25,28). The minimum atomic E-state index is -0.262. The van der Waals surface area contributed by atoms with Crippen molar-refractivity contribution >= 4 is 49.8 Å². The number of fused-ring (bicyclic) bond motifs is 1. The molecule has 1 aromatic carbocycles. The minimum Gasteiger partial charge on any atom is -0.464 e. The SMILES string of the molecule is CC(Sc1nnc(NCc2ccc(F)cc2)s1)c1nc2scc(-c3ccco3)c2c(=O)[nH]1. The van der Waals surface area contributed by atoms with Gasteiger partial charge in [0.15, 0.2) is 4.34 Å². The van der Waals surface area contributed by atoms with E-state index in [1.165, 1.54) is 46.6 Å². The Morgan fingerprint density at radius 1 is 1.25 bits per heavy atom. The number of nitrogens with one attached hydrogen (secondary N) is 2. The van der Waals surface area contributed by atoms with Crippen LogP contribution >= 0.6 is 34.4 Å². The molecule has 0 spiro atoms. The summed E-state index contributed by atoms with van der Waals surface area (Å²) in [6.45, 7) is 2.49. The molecule has 162 valence electrons. The number of thiophene rings is 1. The third kappa shape index (κ3) is 4.31. The Labute approximate surface area is 193 Å². The summed E-state index contributed by atoms with van der Waals surface area (Å²) < 4.78 is 19.2. The quantitative estimate of drug-likeness (QED) is 0.285. The molecule has 0 aliphatic rings. The minimum absolute atomic E-state index is 0.126. The van der Waals surface area contributed by atoms with Gasteiger partial charge in [0.2, 0.25) is 5.13 Å². The van der Waals surface area contributed by atoms with Crippen LogP contribution in [0.5, 0.6) is 0 Å².